The third-order valence-electron chi connectivity index (χ3n) is 5.88. The van der Waals surface area contributed by atoms with Gasteiger partial charge in [0.1, 0.15) is 17.9 Å². The number of rotatable bonds is 4. The Morgan fingerprint density at radius 3 is 2.29 bits per heavy atom. The van der Waals surface area contributed by atoms with Crippen molar-refractivity contribution in [2.45, 2.75) is 37.0 Å². The summed E-state index contributed by atoms with van der Waals surface area (Å²) in [7, 11) is 0. The van der Waals surface area contributed by atoms with Gasteiger partial charge in [-0.1, -0.05) is 61.0 Å². The fourth-order valence-electron chi connectivity index (χ4n) is 4.14. The smallest absolute Gasteiger partial charge is 0.244 e. The van der Waals surface area contributed by atoms with Gasteiger partial charge >= 0.3 is 11.9 Å². The molecule has 0 spiro atoms. The van der Waals surface area contributed by atoms with Crippen molar-refractivity contribution in [1.29, 1.82) is 0 Å². The molecule has 1 unspecified atom stereocenters. The molecule has 5 heteroatoms. The van der Waals surface area contributed by atoms with Crippen LogP contribution in [0.2, 0.25) is 0 Å². The Labute approximate surface area is 186 Å². The number of aryl methyl sites for hydroxylation is 2. The number of hydrogen-bond acceptors (Lipinski definition) is 3. The first-order valence-electron chi connectivity index (χ1n) is 10.5. The number of urea groups is 1. The van der Waals surface area contributed by atoms with E-state index in [1.54, 1.807) is 4.58 Å². The lowest BCUT2D eigenvalue weighted by atomic mass is 10.0. The number of nitrogens with zero attached hydrogens (tertiary/aromatic N) is 2. The van der Waals surface area contributed by atoms with Gasteiger partial charge in [0.2, 0.25) is 0 Å². The minimum atomic E-state index is -0.425. The first-order chi connectivity index (χ1) is 15.1. The maximum atomic E-state index is 13.7. The van der Waals surface area contributed by atoms with Gasteiger partial charge in [-0.15, -0.1) is 16.7 Å². The largest absolute Gasteiger partial charge is 0.506 e. The number of hydrogen-bond donors (Lipinski definition) is 0. The van der Waals surface area contributed by atoms with Crippen LogP contribution in [-0.2, 0) is 17.8 Å². The molecule has 31 heavy (non-hydrogen) atoms. The van der Waals surface area contributed by atoms with Crippen LogP contribution in [0.5, 0.6) is 0 Å². The molecule has 3 aromatic carbocycles. The molecule has 0 bridgehead atoms. The Hall–Kier alpha value is -3.18. The molecule has 2 aliphatic heterocycles. The van der Waals surface area contributed by atoms with E-state index < -0.39 is 5.25 Å². The van der Waals surface area contributed by atoms with E-state index in [2.05, 4.69) is 19.1 Å². The highest BCUT2D eigenvalue weighted by atomic mass is 32.2. The van der Waals surface area contributed by atoms with Crippen LogP contribution < -0.4 is 4.90 Å². The van der Waals surface area contributed by atoms with Crippen LogP contribution in [0.3, 0.4) is 0 Å². The fourth-order valence-corrected chi connectivity index (χ4v) is 5.42. The molecule has 0 saturated heterocycles. The summed E-state index contributed by atoms with van der Waals surface area (Å²) in [5.41, 5.74) is 5.79. The zero-order chi connectivity index (χ0) is 21.5. The standard InChI is InChI=1S/C26H23N2O2S/c1-3-18-12-14-20(15-13-18)28-25(29)24-23(21-6-4-5-7-22(21)31-24)27(26(28)30)16-19-10-8-17(2)9-11-19/h4-15,24H,3,16H2,1-2H3/q+1. The highest BCUT2D eigenvalue weighted by molar-refractivity contribution is 8.02. The zero-order valence-corrected chi connectivity index (χ0v) is 18.4. The first-order valence-corrected chi connectivity index (χ1v) is 11.4. The molecule has 154 valence electrons. The summed E-state index contributed by atoms with van der Waals surface area (Å²) < 4.78 is 1.78. The Morgan fingerprint density at radius 1 is 0.903 bits per heavy atom. The molecule has 0 radical (unpaired) electrons. The zero-order valence-electron chi connectivity index (χ0n) is 17.5. The average molecular weight is 428 g/mol. The predicted molar refractivity (Wildman–Crippen MR) is 124 cm³/mol. The number of carbonyl (C=O) groups excluding carboxylic acids is 2. The third-order valence-corrected chi connectivity index (χ3v) is 7.15. The molecule has 0 saturated carbocycles. The maximum absolute atomic E-state index is 13.7. The summed E-state index contributed by atoms with van der Waals surface area (Å²) >= 11 is 1.53. The predicted octanol–water partition coefficient (Wildman–Crippen LogP) is 5.20. The molecule has 2 aliphatic rings. The van der Waals surface area contributed by atoms with Crippen molar-refractivity contribution in [3.05, 3.63) is 95.1 Å². The van der Waals surface area contributed by atoms with E-state index in [1.807, 2.05) is 67.6 Å². The Balaban J connectivity index is 1.64. The van der Waals surface area contributed by atoms with Gasteiger partial charge < -0.3 is 0 Å². The van der Waals surface area contributed by atoms with Gasteiger partial charge in [0.05, 0.1) is 0 Å². The van der Waals surface area contributed by atoms with E-state index >= 15 is 0 Å². The summed E-state index contributed by atoms with van der Waals surface area (Å²) in [6, 6.07) is 23.6. The molecular weight excluding hydrogens is 404 g/mol. The lowest BCUT2D eigenvalue weighted by Gasteiger charge is -2.24. The van der Waals surface area contributed by atoms with Crippen LogP contribution >= 0.6 is 11.8 Å². The lowest BCUT2D eigenvalue weighted by Crippen LogP contribution is -2.55. The minimum Gasteiger partial charge on any atom is -0.244 e. The molecule has 1 atom stereocenters. The molecule has 0 fully saturated rings. The van der Waals surface area contributed by atoms with Gasteiger partial charge in [0.25, 0.3) is 0 Å². The number of benzene rings is 3. The van der Waals surface area contributed by atoms with Crippen LogP contribution in [0, 0.1) is 6.92 Å². The normalized spacial score (nSPS) is 17.7. The van der Waals surface area contributed by atoms with Gasteiger partial charge in [0.15, 0.2) is 5.25 Å². The monoisotopic (exact) mass is 427 g/mol. The molecule has 0 N–H and O–H groups in total. The number of carbonyl (C=O) groups is 2. The fraction of sp³-hybridized carbons (Fsp3) is 0.192. The molecule has 4 nitrogen and oxygen atoms in total. The van der Waals surface area contributed by atoms with Gasteiger partial charge in [-0.2, -0.15) is 9.37 Å². The number of imide groups is 1. The second kappa shape index (κ2) is 7.82. The van der Waals surface area contributed by atoms with Crippen LogP contribution in [-0.4, -0.2) is 27.5 Å². The molecular formula is C26H23N2O2S+. The summed E-state index contributed by atoms with van der Waals surface area (Å²) in [5, 5.41) is -0.425. The summed E-state index contributed by atoms with van der Waals surface area (Å²) in [5.74, 6) is -0.175. The van der Waals surface area contributed by atoms with Crippen molar-refractivity contribution >= 4 is 35.1 Å². The van der Waals surface area contributed by atoms with Gasteiger partial charge in [-0.05, 0) is 48.7 Å². The van der Waals surface area contributed by atoms with E-state index in [4.69, 9.17) is 0 Å². The quantitative estimate of drug-likeness (QED) is 0.537. The van der Waals surface area contributed by atoms with Crippen LogP contribution in [0.4, 0.5) is 10.5 Å². The first kappa shape index (κ1) is 19.8. The minimum absolute atomic E-state index is 0.175. The SMILES string of the molecule is CCc1ccc(N2C(=O)C3Sc4ccccc4C3=[N+](Cc3ccc(C)cc3)C2=O)cc1. The van der Waals surface area contributed by atoms with Gasteiger partial charge in [-0.25, -0.2) is 4.79 Å². The second-order valence-corrected chi connectivity index (χ2v) is 9.07. The lowest BCUT2D eigenvalue weighted by molar-refractivity contribution is -0.444. The summed E-state index contributed by atoms with van der Waals surface area (Å²) in [6.45, 7) is 4.56. The number of fused-ring (bicyclic) bond motifs is 3. The number of thioether (sulfide) groups is 1. The van der Waals surface area contributed by atoms with Crippen molar-refractivity contribution in [2.24, 2.45) is 0 Å². The number of anilines is 1. The molecule has 5 rings (SSSR count). The average Bonchev–Trinajstić information content (AvgIpc) is 3.18. The third kappa shape index (κ3) is 3.39. The highest BCUT2D eigenvalue weighted by Gasteiger charge is 2.53. The van der Waals surface area contributed by atoms with Crippen molar-refractivity contribution in [3.8, 4) is 0 Å². The van der Waals surface area contributed by atoms with Crippen molar-refractivity contribution in [2.75, 3.05) is 4.90 Å². The van der Waals surface area contributed by atoms with E-state index in [0.29, 0.717) is 12.2 Å². The number of amides is 3. The molecule has 2 heterocycles. The molecule has 0 aromatic heterocycles. The molecule has 3 amide bonds. The Bertz CT molecular complexity index is 1210. The van der Waals surface area contributed by atoms with Crippen molar-refractivity contribution < 1.29 is 14.2 Å². The summed E-state index contributed by atoms with van der Waals surface area (Å²) in [6.07, 6.45) is 0.910. The molecule has 3 aromatic rings. The van der Waals surface area contributed by atoms with Gasteiger partial charge in [0, 0.05) is 10.5 Å². The van der Waals surface area contributed by atoms with Crippen LogP contribution in [0.15, 0.2) is 77.7 Å². The van der Waals surface area contributed by atoms with Crippen LogP contribution in [0.1, 0.15) is 29.2 Å². The van der Waals surface area contributed by atoms with E-state index in [0.717, 1.165) is 28.2 Å². The van der Waals surface area contributed by atoms with Crippen molar-refractivity contribution in [1.82, 2.24) is 0 Å². The van der Waals surface area contributed by atoms with E-state index in [-0.39, 0.29) is 11.9 Å². The van der Waals surface area contributed by atoms with Gasteiger partial charge in [-0.3, -0.25) is 0 Å². The van der Waals surface area contributed by atoms with Crippen molar-refractivity contribution in [3.63, 3.8) is 0 Å². The Morgan fingerprint density at radius 2 is 1.58 bits per heavy atom. The summed E-state index contributed by atoms with van der Waals surface area (Å²) in [4.78, 5) is 29.6. The van der Waals surface area contributed by atoms with Crippen LogP contribution in [0.25, 0.3) is 0 Å². The second-order valence-electron chi connectivity index (χ2n) is 7.93. The topological polar surface area (TPSA) is 40.4 Å². The highest BCUT2D eigenvalue weighted by Crippen LogP contribution is 2.41. The molecule has 0 aliphatic carbocycles. The maximum Gasteiger partial charge on any atom is 0.506 e. The van der Waals surface area contributed by atoms with E-state index in [9.17, 15) is 9.59 Å². The Kier molecular flexibility index (Phi) is 4.98. The van der Waals surface area contributed by atoms with E-state index in [1.165, 1.54) is 27.8 Å².